The Balaban J connectivity index is 1.77. The molecule has 0 unspecified atom stereocenters. The van der Waals surface area contributed by atoms with Crippen LogP contribution in [-0.4, -0.2) is 54.9 Å². The molecule has 0 N–H and O–H groups in total. The van der Waals surface area contributed by atoms with Crippen LogP contribution < -0.4 is 0 Å². The van der Waals surface area contributed by atoms with Crippen molar-refractivity contribution in [2.75, 3.05) is 45.7 Å². The highest BCUT2D eigenvalue weighted by Gasteiger charge is 2.26. The molecule has 2 aromatic carbocycles. The van der Waals surface area contributed by atoms with Gasteiger partial charge in [-0.05, 0) is 48.4 Å². The van der Waals surface area contributed by atoms with Gasteiger partial charge in [-0.1, -0.05) is 49.0 Å². The van der Waals surface area contributed by atoms with Crippen molar-refractivity contribution in [2.24, 2.45) is 0 Å². The fourth-order valence-corrected chi connectivity index (χ4v) is 5.37. The minimum absolute atomic E-state index is 0.916. The maximum atomic E-state index is 4.28. The van der Waals surface area contributed by atoms with Gasteiger partial charge in [-0.3, -0.25) is 4.31 Å². The number of hydrogen-bond acceptors (Lipinski definition) is 2. The third-order valence-electron chi connectivity index (χ3n) is 5.01. The lowest BCUT2D eigenvalue weighted by Gasteiger charge is -2.47. The standard InChI is InChI=1S/C21H28N2S/c1-18(19-8-6-5-7-9-19)20-10-12-21(13-11-20)24(3,4)23-16-14-22(2)15-17-23/h5-13H,1,14-17H2,2-4H3. The zero-order valence-electron chi connectivity index (χ0n) is 15.0. The zero-order chi connectivity index (χ0) is 17.2. The van der Waals surface area contributed by atoms with Crippen LogP contribution >= 0.6 is 10.2 Å². The van der Waals surface area contributed by atoms with Gasteiger partial charge < -0.3 is 4.90 Å². The van der Waals surface area contributed by atoms with Gasteiger partial charge >= 0.3 is 0 Å². The Hall–Kier alpha value is -1.55. The molecule has 0 spiro atoms. The first-order chi connectivity index (χ1) is 11.5. The lowest BCUT2D eigenvalue weighted by Crippen LogP contribution is -2.45. The lowest BCUT2D eigenvalue weighted by molar-refractivity contribution is 0.230. The van der Waals surface area contributed by atoms with Crippen molar-refractivity contribution < 1.29 is 0 Å². The Morgan fingerprint density at radius 2 is 1.38 bits per heavy atom. The van der Waals surface area contributed by atoms with Crippen LogP contribution in [0.25, 0.3) is 5.57 Å². The molecule has 2 nitrogen and oxygen atoms in total. The monoisotopic (exact) mass is 340 g/mol. The second-order valence-electron chi connectivity index (χ2n) is 6.87. The molecule has 0 atom stereocenters. The zero-order valence-corrected chi connectivity index (χ0v) is 15.9. The molecule has 0 aliphatic carbocycles. The number of benzene rings is 2. The van der Waals surface area contributed by atoms with E-state index >= 15 is 0 Å². The molecule has 0 aromatic heterocycles. The second-order valence-corrected chi connectivity index (χ2v) is 10.4. The van der Waals surface area contributed by atoms with Crippen LogP contribution in [0, 0.1) is 0 Å². The SMILES string of the molecule is C=C(c1ccccc1)c1ccc(S(C)(C)N2CCN(C)CC2)cc1. The summed E-state index contributed by atoms with van der Waals surface area (Å²) in [4.78, 5) is 3.87. The number of rotatable bonds is 4. The number of piperazine rings is 1. The summed E-state index contributed by atoms with van der Waals surface area (Å²) in [6, 6.07) is 19.5. The molecule has 1 heterocycles. The highest BCUT2D eigenvalue weighted by Crippen LogP contribution is 2.52. The first-order valence-electron chi connectivity index (χ1n) is 8.50. The minimum atomic E-state index is -0.916. The Morgan fingerprint density at radius 3 is 1.96 bits per heavy atom. The largest absolute Gasteiger partial charge is 0.304 e. The molecule has 3 heteroatoms. The second kappa shape index (κ2) is 7.14. The highest BCUT2D eigenvalue weighted by atomic mass is 32.3. The maximum Gasteiger partial charge on any atom is 0.0206 e. The summed E-state index contributed by atoms with van der Waals surface area (Å²) in [6.07, 6.45) is 4.83. The van der Waals surface area contributed by atoms with Gasteiger partial charge in [-0.15, -0.1) is 0 Å². The normalized spacial score (nSPS) is 17.6. The van der Waals surface area contributed by atoms with E-state index in [1.54, 1.807) is 0 Å². The van der Waals surface area contributed by atoms with Gasteiger partial charge in [0.2, 0.25) is 0 Å². The van der Waals surface area contributed by atoms with Crippen molar-refractivity contribution in [3.63, 3.8) is 0 Å². The van der Waals surface area contributed by atoms with Crippen molar-refractivity contribution in [3.05, 3.63) is 72.3 Å². The van der Waals surface area contributed by atoms with E-state index in [1.807, 2.05) is 6.07 Å². The van der Waals surface area contributed by atoms with Gasteiger partial charge in [-0.25, -0.2) is 0 Å². The van der Waals surface area contributed by atoms with Crippen molar-refractivity contribution in [2.45, 2.75) is 4.90 Å². The van der Waals surface area contributed by atoms with Crippen molar-refractivity contribution >= 4 is 15.8 Å². The van der Waals surface area contributed by atoms with Gasteiger partial charge in [0, 0.05) is 31.1 Å². The van der Waals surface area contributed by atoms with Gasteiger partial charge in [0.25, 0.3) is 0 Å². The number of nitrogens with zero attached hydrogens (tertiary/aromatic N) is 2. The van der Waals surface area contributed by atoms with Crippen LogP contribution in [0.3, 0.4) is 0 Å². The topological polar surface area (TPSA) is 6.48 Å². The summed E-state index contributed by atoms with van der Waals surface area (Å²) in [5, 5.41) is 0. The molecule has 1 aliphatic heterocycles. The van der Waals surface area contributed by atoms with Crippen molar-refractivity contribution in [1.29, 1.82) is 0 Å². The molecule has 128 valence electrons. The molecule has 1 fully saturated rings. The average molecular weight is 341 g/mol. The van der Waals surface area contributed by atoms with Crippen LogP contribution in [0.2, 0.25) is 0 Å². The summed E-state index contributed by atoms with van der Waals surface area (Å²) in [5.74, 6) is 0. The molecular weight excluding hydrogens is 312 g/mol. The lowest BCUT2D eigenvalue weighted by atomic mass is 10.00. The van der Waals surface area contributed by atoms with Crippen LogP contribution in [0.4, 0.5) is 0 Å². The molecule has 0 saturated carbocycles. The Bertz CT molecular complexity index is 684. The van der Waals surface area contributed by atoms with Gasteiger partial charge in [0.1, 0.15) is 0 Å². The Morgan fingerprint density at radius 1 is 0.833 bits per heavy atom. The quantitative estimate of drug-likeness (QED) is 0.817. The van der Waals surface area contributed by atoms with Gasteiger partial charge in [-0.2, -0.15) is 10.2 Å². The van der Waals surface area contributed by atoms with E-state index in [1.165, 1.54) is 29.1 Å². The molecule has 0 amide bonds. The summed E-state index contributed by atoms with van der Waals surface area (Å²) in [7, 11) is 1.30. The van der Waals surface area contributed by atoms with E-state index in [-0.39, 0.29) is 0 Å². The molecule has 24 heavy (non-hydrogen) atoms. The average Bonchev–Trinajstić information content (AvgIpc) is 2.62. The van der Waals surface area contributed by atoms with Crippen LogP contribution in [0.5, 0.6) is 0 Å². The summed E-state index contributed by atoms with van der Waals surface area (Å²) in [6.45, 7) is 8.94. The molecule has 0 radical (unpaired) electrons. The smallest absolute Gasteiger partial charge is 0.0206 e. The van der Waals surface area contributed by atoms with E-state index in [9.17, 15) is 0 Å². The Kier molecular flexibility index (Phi) is 5.14. The van der Waals surface area contributed by atoms with Crippen molar-refractivity contribution in [3.8, 4) is 0 Å². The van der Waals surface area contributed by atoms with E-state index in [2.05, 4.69) is 83.9 Å². The summed E-state index contributed by atoms with van der Waals surface area (Å²) >= 11 is 0. The highest BCUT2D eigenvalue weighted by molar-refractivity contribution is 8.30. The van der Waals surface area contributed by atoms with E-state index in [0.717, 1.165) is 18.7 Å². The number of hydrogen-bond donors (Lipinski definition) is 0. The third-order valence-corrected chi connectivity index (χ3v) is 8.09. The van der Waals surface area contributed by atoms with Gasteiger partial charge in [0.05, 0.1) is 0 Å². The molecule has 1 saturated heterocycles. The fourth-order valence-electron chi connectivity index (χ4n) is 3.19. The first-order valence-corrected chi connectivity index (χ1v) is 10.9. The number of likely N-dealkylation sites (N-methyl/N-ethyl adjacent to an activating group) is 1. The van der Waals surface area contributed by atoms with Gasteiger partial charge in [0.15, 0.2) is 0 Å². The third kappa shape index (κ3) is 3.59. The van der Waals surface area contributed by atoms with Crippen molar-refractivity contribution in [1.82, 2.24) is 9.21 Å². The van der Waals surface area contributed by atoms with E-state index in [0.29, 0.717) is 0 Å². The molecule has 1 aliphatic rings. The summed E-state index contributed by atoms with van der Waals surface area (Å²) in [5.41, 5.74) is 3.49. The van der Waals surface area contributed by atoms with E-state index < -0.39 is 10.2 Å². The maximum absolute atomic E-state index is 4.28. The fraction of sp³-hybridized carbons (Fsp3) is 0.333. The molecular formula is C21H28N2S. The molecule has 2 aromatic rings. The summed E-state index contributed by atoms with van der Waals surface area (Å²) < 4.78 is 2.67. The first kappa shape index (κ1) is 17.3. The molecule has 0 bridgehead atoms. The minimum Gasteiger partial charge on any atom is -0.304 e. The predicted octanol–water partition coefficient (Wildman–Crippen LogP) is 4.33. The van der Waals surface area contributed by atoms with E-state index in [4.69, 9.17) is 0 Å². The van der Waals surface area contributed by atoms with Crippen LogP contribution in [-0.2, 0) is 0 Å². The Labute approximate surface area is 148 Å². The van der Waals surface area contributed by atoms with Crippen LogP contribution in [0.1, 0.15) is 11.1 Å². The molecule has 3 rings (SSSR count). The van der Waals surface area contributed by atoms with Crippen LogP contribution in [0.15, 0.2) is 66.1 Å². The predicted molar refractivity (Wildman–Crippen MR) is 108 cm³/mol.